The molecule has 1 aromatic rings. The van der Waals surface area contributed by atoms with Gasteiger partial charge in [-0.3, -0.25) is 0 Å². The average Bonchev–Trinajstić information content (AvgIpc) is 2.60. The van der Waals surface area contributed by atoms with Crippen LogP contribution in [0.2, 0.25) is 0 Å². The van der Waals surface area contributed by atoms with Crippen LogP contribution < -0.4 is 10.5 Å². The standard InChI is InChI=1S/C12H17N3O2/c1-14-3-4-15(12(14)16)8-9-5-10(13)7-11(6-9)17-2/h5-7H,3-4,8,13H2,1-2H3. The maximum absolute atomic E-state index is 11.7. The van der Waals surface area contributed by atoms with Crippen LogP contribution in [0.3, 0.4) is 0 Å². The third-order valence-electron chi connectivity index (χ3n) is 2.90. The van der Waals surface area contributed by atoms with Crippen molar-refractivity contribution in [3.63, 3.8) is 0 Å². The Labute approximate surface area is 101 Å². The molecule has 0 aliphatic carbocycles. The van der Waals surface area contributed by atoms with Gasteiger partial charge in [0.05, 0.1) is 7.11 Å². The van der Waals surface area contributed by atoms with Crippen LogP contribution in [-0.2, 0) is 6.54 Å². The smallest absolute Gasteiger partial charge is 0.320 e. The Bertz CT molecular complexity index is 434. The Morgan fingerprint density at radius 3 is 2.71 bits per heavy atom. The summed E-state index contributed by atoms with van der Waals surface area (Å²) >= 11 is 0. The van der Waals surface area contributed by atoms with Gasteiger partial charge in [-0.05, 0) is 17.7 Å². The lowest BCUT2D eigenvalue weighted by atomic mass is 10.2. The van der Waals surface area contributed by atoms with Crippen molar-refractivity contribution >= 4 is 11.7 Å². The van der Waals surface area contributed by atoms with Crippen molar-refractivity contribution in [2.75, 3.05) is 33.0 Å². The lowest BCUT2D eigenvalue weighted by Crippen LogP contribution is -2.28. The zero-order valence-electron chi connectivity index (χ0n) is 10.1. The van der Waals surface area contributed by atoms with Crippen LogP contribution in [0.1, 0.15) is 5.56 Å². The zero-order chi connectivity index (χ0) is 12.4. The Morgan fingerprint density at radius 2 is 2.12 bits per heavy atom. The summed E-state index contributed by atoms with van der Waals surface area (Å²) in [6.07, 6.45) is 0. The summed E-state index contributed by atoms with van der Waals surface area (Å²) in [6.45, 7) is 2.11. The summed E-state index contributed by atoms with van der Waals surface area (Å²) in [6, 6.07) is 5.60. The van der Waals surface area contributed by atoms with E-state index in [1.807, 2.05) is 19.2 Å². The molecule has 0 atom stereocenters. The number of carbonyl (C=O) groups excluding carboxylic acids is 1. The first-order valence-corrected chi connectivity index (χ1v) is 5.53. The van der Waals surface area contributed by atoms with E-state index >= 15 is 0 Å². The number of nitrogens with zero attached hydrogens (tertiary/aromatic N) is 2. The van der Waals surface area contributed by atoms with E-state index in [0.29, 0.717) is 12.2 Å². The first kappa shape index (κ1) is 11.6. The minimum atomic E-state index is 0.0615. The first-order chi connectivity index (χ1) is 8.10. The van der Waals surface area contributed by atoms with Crippen molar-refractivity contribution in [2.45, 2.75) is 6.54 Å². The van der Waals surface area contributed by atoms with Gasteiger partial charge >= 0.3 is 6.03 Å². The Morgan fingerprint density at radius 1 is 1.35 bits per heavy atom. The molecule has 0 radical (unpaired) electrons. The fourth-order valence-corrected chi connectivity index (χ4v) is 1.97. The highest BCUT2D eigenvalue weighted by molar-refractivity contribution is 5.76. The molecule has 1 aliphatic heterocycles. The van der Waals surface area contributed by atoms with Crippen molar-refractivity contribution < 1.29 is 9.53 Å². The monoisotopic (exact) mass is 235 g/mol. The van der Waals surface area contributed by atoms with Gasteiger partial charge in [-0.1, -0.05) is 0 Å². The molecule has 17 heavy (non-hydrogen) atoms. The van der Waals surface area contributed by atoms with Crippen molar-refractivity contribution in [2.24, 2.45) is 0 Å². The van der Waals surface area contributed by atoms with Gasteiger partial charge in [-0.15, -0.1) is 0 Å². The SMILES string of the molecule is COc1cc(N)cc(CN2CCN(C)C2=O)c1. The maximum Gasteiger partial charge on any atom is 0.320 e. The van der Waals surface area contributed by atoms with Crippen LogP contribution in [0.5, 0.6) is 5.75 Å². The molecule has 2 N–H and O–H groups in total. The predicted octanol–water partition coefficient (Wildman–Crippen LogP) is 1.14. The molecule has 2 rings (SSSR count). The fraction of sp³-hybridized carbons (Fsp3) is 0.417. The van der Waals surface area contributed by atoms with Gasteiger partial charge in [0.15, 0.2) is 0 Å². The molecule has 0 spiro atoms. The average molecular weight is 235 g/mol. The molecule has 1 fully saturated rings. The molecule has 0 unspecified atom stereocenters. The predicted molar refractivity (Wildman–Crippen MR) is 65.8 cm³/mol. The molecule has 5 nitrogen and oxygen atoms in total. The Balaban J connectivity index is 2.13. The van der Waals surface area contributed by atoms with E-state index in [2.05, 4.69) is 0 Å². The number of hydrogen-bond donors (Lipinski definition) is 1. The lowest BCUT2D eigenvalue weighted by molar-refractivity contribution is 0.197. The van der Waals surface area contributed by atoms with Crippen LogP contribution in [-0.4, -0.2) is 43.1 Å². The van der Waals surface area contributed by atoms with E-state index in [1.165, 1.54) is 0 Å². The number of benzene rings is 1. The van der Waals surface area contributed by atoms with E-state index in [0.717, 1.165) is 24.4 Å². The molecule has 1 aliphatic rings. The summed E-state index contributed by atoms with van der Waals surface area (Å²) in [5, 5.41) is 0. The van der Waals surface area contributed by atoms with Gasteiger partial charge < -0.3 is 20.3 Å². The largest absolute Gasteiger partial charge is 0.497 e. The topological polar surface area (TPSA) is 58.8 Å². The number of likely N-dealkylation sites (N-methyl/N-ethyl adjacent to an activating group) is 1. The van der Waals surface area contributed by atoms with E-state index in [4.69, 9.17) is 10.5 Å². The number of nitrogens with two attached hydrogens (primary N) is 1. The summed E-state index contributed by atoms with van der Waals surface area (Å²) in [7, 11) is 3.41. The van der Waals surface area contributed by atoms with Crippen LogP contribution >= 0.6 is 0 Å². The minimum Gasteiger partial charge on any atom is -0.497 e. The quantitative estimate of drug-likeness (QED) is 0.799. The zero-order valence-corrected chi connectivity index (χ0v) is 10.1. The van der Waals surface area contributed by atoms with E-state index in [1.54, 1.807) is 23.0 Å². The first-order valence-electron chi connectivity index (χ1n) is 5.53. The van der Waals surface area contributed by atoms with Gasteiger partial charge in [-0.25, -0.2) is 4.79 Å². The second kappa shape index (κ2) is 4.53. The number of hydrogen-bond acceptors (Lipinski definition) is 3. The number of nitrogen functional groups attached to an aromatic ring is 1. The highest BCUT2D eigenvalue weighted by atomic mass is 16.5. The number of carbonyl (C=O) groups is 1. The minimum absolute atomic E-state index is 0.0615. The highest BCUT2D eigenvalue weighted by Crippen LogP contribution is 2.21. The normalized spacial score (nSPS) is 15.5. The van der Waals surface area contributed by atoms with Crippen LogP contribution in [0.4, 0.5) is 10.5 Å². The third-order valence-corrected chi connectivity index (χ3v) is 2.90. The molecule has 0 saturated carbocycles. The second-order valence-corrected chi connectivity index (χ2v) is 4.24. The van der Waals surface area contributed by atoms with E-state index in [-0.39, 0.29) is 6.03 Å². The second-order valence-electron chi connectivity index (χ2n) is 4.24. The fourth-order valence-electron chi connectivity index (χ4n) is 1.97. The highest BCUT2D eigenvalue weighted by Gasteiger charge is 2.25. The summed E-state index contributed by atoms with van der Waals surface area (Å²) in [5.74, 6) is 0.722. The van der Waals surface area contributed by atoms with Crippen molar-refractivity contribution in [3.05, 3.63) is 23.8 Å². The Hall–Kier alpha value is -1.91. The molecule has 1 saturated heterocycles. The molecule has 5 heteroatoms. The number of amides is 2. The molecule has 0 aromatic heterocycles. The van der Waals surface area contributed by atoms with Gasteiger partial charge in [0.2, 0.25) is 0 Å². The van der Waals surface area contributed by atoms with Crippen LogP contribution in [0.25, 0.3) is 0 Å². The number of ether oxygens (including phenoxy) is 1. The van der Waals surface area contributed by atoms with Crippen molar-refractivity contribution in [1.29, 1.82) is 0 Å². The molecule has 0 bridgehead atoms. The van der Waals surface area contributed by atoms with Crippen molar-refractivity contribution in [3.8, 4) is 5.75 Å². The number of methoxy groups -OCH3 is 1. The molecular formula is C12H17N3O2. The lowest BCUT2D eigenvalue weighted by Gasteiger charge is -2.16. The van der Waals surface area contributed by atoms with Gasteiger partial charge in [0.25, 0.3) is 0 Å². The Kier molecular flexibility index (Phi) is 3.08. The van der Waals surface area contributed by atoms with Gasteiger partial charge in [-0.2, -0.15) is 0 Å². The number of rotatable bonds is 3. The summed E-state index contributed by atoms with van der Waals surface area (Å²) in [5.41, 5.74) is 7.42. The van der Waals surface area contributed by atoms with Crippen LogP contribution in [0, 0.1) is 0 Å². The van der Waals surface area contributed by atoms with Gasteiger partial charge in [0, 0.05) is 38.4 Å². The maximum atomic E-state index is 11.7. The van der Waals surface area contributed by atoms with Crippen molar-refractivity contribution in [1.82, 2.24) is 9.80 Å². The summed E-state index contributed by atoms with van der Waals surface area (Å²) < 4.78 is 5.15. The van der Waals surface area contributed by atoms with E-state index < -0.39 is 0 Å². The van der Waals surface area contributed by atoms with Gasteiger partial charge in [0.1, 0.15) is 5.75 Å². The molecular weight excluding hydrogens is 218 g/mol. The number of anilines is 1. The van der Waals surface area contributed by atoms with Crippen LogP contribution in [0.15, 0.2) is 18.2 Å². The third kappa shape index (κ3) is 2.43. The molecule has 1 heterocycles. The molecule has 2 amide bonds. The summed E-state index contributed by atoms with van der Waals surface area (Å²) in [4.78, 5) is 15.3. The molecule has 1 aromatic carbocycles. The molecule has 92 valence electrons. The number of urea groups is 1. The van der Waals surface area contributed by atoms with E-state index in [9.17, 15) is 4.79 Å².